The molecule has 2 heteroatoms. The molecule has 0 N–H and O–H groups in total. The molecule has 4 atom stereocenters. The van der Waals surface area contributed by atoms with Crippen LogP contribution in [0.2, 0.25) is 0 Å². The Balaban J connectivity index is 1.64. The van der Waals surface area contributed by atoms with Crippen LogP contribution in [-0.2, 0) is 0 Å². The summed E-state index contributed by atoms with van der Waals surface area (Å²) in [6.07, 6.45) is 0. The van der Waals surface area contributed by atoms with Gasteiger partial charge in [0.1, 0.15) is 0 Å². The Morgan fingerprint density at radius 1 is 0.406 bits per heavy atom. The molecule has 1 saturated carbocycles. The van der Waals surface area contributed by atoms with Crippen molar-refractivity contribution in [2.45, 2.75) is 11.8 Å². The second-order valence-corrected chi connectivity index (χ2v) is 8.39. The van der Waals surface area contributed by atoms with Crippen molar-refractivity contribution in [1.82, 2.24) is 0 Å². The largest absolute Gasteiger partial charge is 0.294 e. The van der Waals surface area contributed by atoms with Gasteiger partial charge in [-0.25, -0.2) is 0 Å². The van der Waals surface area contributed by atoms with Crippen LogP contribution in [0.5, 0.6) is 0 Å². The van der Waals surface area contributed by atoms with Crippen molar-refractivity contribution >= 4 is 11.6 Å². The maximum absolute atomic E-state index is 13.8. The van der Waals surface area contributed by atoms with Crippen LogP contribution in [0.15, 0.2) is 121 Å². The molecule has 2 nitrogen and oxygen atoms in total. The van der Waals surface area contributed by atoms with Crippen LogP contribution in [-0.4, -0.2) is 11.6 Å². The lowest BCUT2D eigenvalue weighted by Gasteiger charge is -2.51. The summed E-state index contributed by atoms with van der Waals surface area (Å²) in [7, 11) is 0. The zero-order valence-electron chi connectivity index (χ0n) is 17.7. The highest BCUT2D eigenvalue weighted by Gasteiger charge is 2.57. The minimum Gasteiger partial charge on any atom is -0.294 e. The Kier molecular flexibility index (Phi) is 5.51. The van der Waals surface area contributed by atoms with Gasteiger partial charge < -0.3 is 0 Å². The van der Waals surface area contributed by atoms with Gasteiger partial charge in [-0.1, -0.05) is 121 Å². The number of hydrogen-bond donors (Lipinski definition) is 0. The molecule has 1 fully saturated rings. The van der Waals surface area contributed by atoms with Gasteiger partial charge in [-0.3, -0.25) is 9.59 Å². The average molecular weight is 417 g/mol. The molecular formula is C30H24O2. The average Bonchev–Trinajstić information content (AvgIpc) is 2.86. The molecule has 0 spiro atoms. The molecule has 0 heterocycles. The lowest BCUT2D eigenvalue weighted by atomic mass is 9.49. The van der Waals surface area contributed by atoms with Crippen LogP contribution in [0.4, 0.5) is 0 Å². The molecule has 156 valence electrons. The third-order valence-corrected chi connectivity index (χ3v) is 6.64. The lowest BCUT2D eigenvalue weighted by Crippen LogP contribution is -2.51. The van der Waals surface area contributed by atoms with E-state index in [4.69, 9.17) is 0 Å². The number of carbonyl (C=O) groups excluding carboxylic acids is 2. The number of rotatable bonds is 6. The number of ketones is 2. The van der Waals surface area contributed by atoms with Gasteiger partial charge in [-0.2, -0.15) is 0 Å². The summed E-state index contributed by atoms with van der Waals surface area (Å²) < 4.78 is 0. The van der Waals surface area contributed by atoms with Crippen molar-refractivity contribution in [1.29, 1.82) is 0 Å². The molecule has 0 aliphatic heterocycles. The Morgan fingerprint density at radius 3 is 1.00 bits per heavy atom. The summed E-state index contributed by atoms with van der Waals surface area (Å²) in [5.41, 5.74) is 3.53. The van der Waals surface area contributed by atoms with E-state index in [2.05, 4.69) is 24.3 Å². The van der Waals surface area contributed by atoms with E-state index in [0.717, 1.165) is 11.1 Å². The summed E-state index contributed by atoms with van der Waals surface area (Å²) in [5, 5.41) is 0. The molecule has 0 amide bonds. The Hall–Kier alpha value is -3.78. The van der Waals surface area contributed by atoms with E-state index in [-0.39, 0.29) is 23.4 Å². The Labute approximate surface area is 188 Å². The van der Waals surface area contributed by atoms with Crippen LogP contribution in [0.3, 0.4) is 0 Å². The lowest BCUT2D eigenvalue weighted by molar-refractivity contribution is 0.0456. The van der Waals surface area contributed by atoms with E-state index in [1.54, 1.807) is 0 Å². The topological polar surface area (TPSA) is 34.1 Å². The summed E-state index contributed by atoms with van der Waals surface area (Å²) >= 11 is 0. The zero-order valence-corrected chi connectivity index (χ0v) is 17.7. The van der Waals surface area contributed by atoms with Crippen molar-refractivity contribution in [3.05, 3.63) is 144 Å². The summed E-state index contributed by atoms with van der Waals surface area (Å²) in [5.74, 6) is -0.829. The van der Waals surface area contributed by atoms with Crippen molar-refractivity contribution in [2.24, 2.45) is 11.8 Å². The standard InChI is InChI=1S/C30H24O2/c31-29(23-17-9-3-10-18-23)27-25(21-13-5-1-6-14-21)26(22-15-7-2-8-16-22)28(27)30(32)24-19-11-4-12-20-24/h1-20,25-28H/t25-,26+,27-,28-/m1/s1. The monoisotopic (exact) mass is 416 g/mol. The summed E-state index contributed by atoms with van der Waals surface area (Å²) in [4.78, 5) is 27.6. The van der Waals surface area contributed by atoms with Gasteiger partial charge in [-0.05, 0) is 11.1 Å². The normalized spacial score (nSPS) is 22.0. The van der Waals surface area contributed by atoms with Gasteiger partial charge in [0, 0.05) is 34.8 Å². The van der Waals surface area contributed by atoms with E-state index in [9.17, 15) is 9.59 Å². The van der Waals surface area contributed by atoms with Gasteiger partial charge >= 0.3 is 0 Å². The molecule has 0 unspecified atom stereocenters. The van der Waals surface area contributed by atoms with Crippen LogP contribution >= 0.6 is 0 Å². The second-order valence-electron chi connectivity index (χ2n) is 8.39. The molecule has 0 radical (unpaired) electrons. The number of hydrogen-bond acceptors (Lipinski definition) is 2. The van der Waals surface area contributed by atoms with Gasteiger partial charge in [-0.15, -0.1) is 0 Å². The molecule has 4 aromatic carbocycles. The Bertz CT molecular complexity index is 1100. The molecule has 4 aromatic rings. The quantitative estimate of drug-likeness (QED) is 0.333. The van der Waals surface area contributed by atoms with E-state index in [0.29, 0.717) is 11.1 Å². The van der Waals surface area contributed by atoms with Crippen molar-refractivity contribution in [2.75, 3.05) is 0 Å². The van der Waals surface area contributed by atoms with Crippen LogP contribution < -0.4 is 0 Å². The first-order valence-electron chi connectivity index (χ1n) is 11.0. The molecule has 0 saturated heterocycles. The van der Waals surface area contributed by atoms with Gasteiger partial charge in [0.15, 0.2) is 11.6 Å². The molecule has 0 aromatic heterocycles. The fourth-order valence-corrected chi connectivity index (χ4v) is 5.17. The molecular weight excluding hydrogens is 392 g/mol. The van der Waals surface area contributed by atoms with Crippen LogP contribution in [0.1, 0.15) is 43.7 Å². The maximum Gasteiger partial charge on any atom is 0.167 e. The van der Waals surface area contributed by atoms with E-state index >= 15 is 0 Å². The molecule has 1 aliphatic carbocycles. The first-order valence-corrected chi connectivity index (χ1v) is 11.0. The highest BCUT2D eigenvalue weighted by Crippen LogP contribution is 2.59. The van der Waals surface area contributed by atoms with Crippen molar-refractivity contribution in [3.63, 3.8) is 0 Å². The molecule has 1 aliphatic rings. The molecule has 5 rings (SSSR count). The molecule has 32 heavy (non-hydrogen) atoms. The van der Waals surface area contributed by atoms with Gasteiger partial charge in [0.05, 0.1) is 0 Å². The van der Waals surface area contributed by atoms with E-state index < -0.39 is 11.8 Å². The van der Waals surface area contributed by atoms with Crippen LogP contribution in [0.25, 0.3) is 0 Å². The molecule has 0 bridgehead atoms. The third-order valence-electron chi connectivity index (χ3n) is 6.64. The predicted octanol–water partition coefficient (Wildman–Crippen LogP) is 6.57. The number of carbonyl (C=O) groups is 2. The fourth-order valence-electron chi connectivity index (χ4n) is 5.17. The smallest absolute Gasteiger partial charge is 0.167 e. The summed E-state index contributed by atoms with van der Waals surface area (Å²) in [6.45, 7) is 0. The van der Waals surface area contributed by atoms with Crippen molar-refractivity contribution < 1.29 is 9.59 Å². The highest BCUT2D eigenvalue weighted by molar-refractivity contribution is 6.07. The van der Waals surface area contributed by atoms with Crippen molar-refractivity contribution in [3.8, 4) is 0 Å². The number of benzene rings is 4. The van der Waals surface area contributed by atoms with E-state index in [1.807, 2.05) is 97.1 Å². The maximum atomic E-state index is 13.8. The third kappa shape index (κ3) is 3.58. The SMILES string of the molecule is O=C(c1ccccc1)[C@H]1[C@H](C(=O)c2ccccc2)[C@H](c2ccccc2)[C@@H]1c1ccccc1. The first-order chi connectivity index (χ1) is 15.8. The number of Topliss-reactive ketones (excluding diaryl/α,β-unsaturated/α-hetero) is 2. The minimum absolute atomic E-state index is 0.0425. The highest BCUT2D eigenvalue weighted by atomic mass is 16.1. The van der Waals surface area contributed by atoms with E-state index in [1.165, 1.54) is 0 Å². The second kappa shape index (κ2) is 8.76. The Morgan fingerprint density at radius 2 is 0.688 bits per heavy atom. The minimum atomic E-state index is -0.405. The predicted molar refractivity (Wildman–Crippen MR) is 127 cm³/mol. The zero-order chi connectivity index (χ0) is 21.9. The fraction of sp³-hybridized carbons (Fsp3) is 0.133. The van der Waals surface area contributed by atoms with Gasteiger partial charge in [0.2, 0.25) is 0 Å². The first kappa shape index (κ1) is 20.1. The van der Waals surface area contributed by atoms with Gasteiger partial charge in [0.25, 0.3) is 0 Å². The van der Waals surface area contributed by atoms with Crippen LogP contribution in [0, 0.1) is 11.8 Å². The summed E-state index contributed by atoms with van der Waals surface area (Å²) in [6, 6.07) is 39.1.